The summed E-state index contributed by atoms with van der Waals surface area (Å²) in [4.78, 5) is 20.7. The van der Waals surface area contributed by atoms with Crippen LogP contribution in [0.4, 0.5) is 0 Å². The number of aryl methyl sites for hydroxylation is 2. The number of benzene rings is 2. The highest BCUT2D eigenvalue weighted by Gasteiger charge is 2.19. The number of carbonyl (C=O) groups is 1. The van der Waals surface area contributed by atoms with E-state index in [2.05, 4.69) is 20.4 Å². The number of H-pyrrole nitrogens is 1. The van der Waals surface area contributed by atoms with Crippen molar-refractivity contribution in [3.8, 4) is 0 Å². The second-order valence-corrected chi connectivity index (χ2v) is 7.60. The van der Waals surface area contributed by atoms with Gasteiger partial charge in [0.1, 0.15) is 12.7 Å². The Morgan fingerprint density at radius 3 is 2.83 bits per heavy atom. The molecule has 0 bridgehead atoms. The monoisotopic (exact) mass is 385 g/mol. The van der Waals surface area contributed by atoms with Gasteiger partial charge in [0, 0.05) is 22.2 Å². The van der Waals surface area contributed by atoms with Crippen molar-refractivity contribution in [2.75, 3.05) is 0 Å². The molecule has 2 aromatic heterocycles. The highest BCUT2D eigenvalue weighted by atomic mass is 16.1. The Bertz CT molecular complexity index is 1130. The van der Waals surface area contributed by atoms with E-state index in [1.807, 2.05) is 48.5 Å². The first-order valence-electron chi connectivity index (χ1n) is 10.1. The highest BCUT2D eigenvalue weighted by molar-refractivity contribution is 5.99. The van der Waals surface area contributed by atoms with Gasteiger partial charge < -0.3 is 10.3 Å². The standard InChI is InChI=1S/C23H23N5O/c29-23(17-10-11-21-19(12-17)18-8-4-5-9-20(18)26-21)27-22(13-28-15-24-14-25-28)16-6-2-1-3-7-16/h1-3,6-7,10-12,14-15,22,26H,4-5,8-9,13H2,(H,27,29). The van der Waals surface area contributed by atoms with Crippen LogP contribution in [0, 0.1) is 0 Å². The number of rotatable bonds is 5. The molecule has 0 fully saturated rings. The van der Waals surface area contributed by atoms with E-state index in [1.54, 1.807) is 11.0 Å². The van der Waals surface area contributed by atoms with E-state index < -0.39 is 0 Å². The lowest BCUT2D eigenvalue weighted by molar-refractivity contribution is 0.0932. The molecule has 0 spiro atoms. The summed E-state index contributed by atoms with van der Waals surface area (Å²) in [5.74, 6) is -0.0772. The van der Waals surface area contributed by atoms with Crippen LogP contribution in [0.5, 0.6) is 0 Å². The van der Waals surface area contributed by atoms with Crippen LogP contribution in [0.2, 0.25) is 0 Å². The molecule has 29 heavy (non-hydrogen) atoms. The number of nitrogens with zero attached hydrogens (tertiary/aromatic N) is 3. The summed E-state index contributed by atoms with van der Waals surface area (Å²) in [7, 11) is 0. The van der Waals surface area contributed by atoms with Crippen LogP contribution in [0.25, 0.3) is 10.9 Å². The van der Waals surface area contributed by atoms with Crippen molar-refractivity contribution in [3.63, 3.8) is 0 Å². The maximum absolute atomic E-state index is 13.1. The van der Waals surface area contributed by atoms with Gasteiger partial charge in [-0.2, -0.15) is 5.10 Å². The average Bonchev–Trinajstić information content (AvgIpc) is 3.41. The fourth-order valence-corrected chi connectivity index (χ4v) is 4.22. The fraction of sp³-hybridized carbons (Fsp3) is 0.261. The molecule has 6 nitrogen and oxygen atoms in total. The Hall–Kier alpha value is -3.41. The molecule has 0 saturated heterocycles. The summed E-state index contributed by atoms with van der Waals surface area (Å²) >= 11 is 0. The molecule has 6 heteroatoms. The van der Waals surface area contributed by atoms with E-state index in [-0.39, 0.29) is 11.9 Å². The minimum atomic E-state index is -0.193. The predicted octanol–water partition coefficient (Wildman–Crippen LogP) is 3.81. The maximum Gasteiger partial charge on any atom is 0.251 e. The lowest BCUT2D eigenvalue weighted by Crippen LogP contribution is -2.31. The molecule has 0 radical (unpaired) electrons. The maximum atomic E-state index is 13.1. The van der Waals surface area contributed by atoms with Crippen molar-refractivity contribution >= 4 is 16.8 Å². The summed E-state index contributed by atoms with van der Waals surface area (Å²) in [5.41, 5.74) is 5.55. The summed E-state index contributed by atoms with van der Waals surface area (Å²) in [5, 5.41) is 8.56. The molecule has 1 aliphatic carbocycles. The SMILES string of the molecule is O=C(NC(Cn1cncn1)c1ccccc1)c1ccc2[nH]c3c(c2c1)CCCC3. The number of aromatic nitrogens is 4. The van der Waals surface area contributed by atoms with Crippen LogP contribution in [0.1, 0.15) is 46.1 Å². The van der Waals surface area contributed by atoms with Crippen LogP contribution in [-0.2, 0) is 19.4 Å². The van der Waals surface area contributed by atoms with E-state index >= 15 is 0 Å². The third-order valence-electron chi connectivity index (χ3n) is 5.70. The molecule has 1 aliphatic rings. The van der Waals surface area contributed by atoms with E-state index in [1.165, 1.54) is 35.8 Å². The first-order valence-corrected chi connectivity index (χ1v) is 10.1. The van der Waals surface area contributed by atoms with Crippen molar-refractivity contribution in [1.82, 2.24) is 25.1 Å². The molecule has 2 N–H and O–H groups in total. The molecular weight excluding hydrogens is 362 g/mol. The minimum Gasteiger partial charge on any atom is -0.358 e. The first-order chi connectivity index (χ1) is 14.3. The Balaban J connectivity index is 1.43. The van der Waals surface area contributed by atoms with Gasteiger partial charge >= 0.3 is 0 Å². The van der Waals surface area contributed by atoms with Crippen molar-refractivity contribution in [1.29, 1.82) is 0 Å². The lowest BCUT2D eigenvalue weighted by atomic mass is 9.95. The van der Waals surface area contributed by atoms with Gasteiger partial charge in [0.05, 0.1) is 12.6 Å². The molecule has 4 aromatic rings. The molecule has 5 rings (SSSR count). The number of carbonyl (C=O) groups excluding carboxylic acids is 1. The molecule has 2 heterocycles. The zero-order valence-electron chi connectivity index (χ0n) is 16.1. The van der Waals surface area contributed by atoms with Gasteiger partial charge in [-0.05, 0) is 55.0 Å². The summed E-state index contributed by atoms with van der Waals surface area (Å²) in [6, 6.07) is 15.7. The number of hydrogen-bond acceptors (Lipinski definition) is 3. The van der Waals surface area contributed by atoms with E-state index in [0.717, 1.165) is 23.9 Å². The highest BCUT2D eigenvalue weighted by Crippen LogP contribution is 2.30. The fourth-order valence-electron chi connectivity index (χ4n) is 4.22. The molecule has 146 valence electrons. The zero-order valence-corrected chi connectivity index (χ0v) is 16.1. The van der Waals surface area contributed by atoms with E-state index in [9.17, 15) is 4.79 Å². The van der Waals surface area contributed by atoms with Crippen molar-refractivity contribution in [3.05, 3.63) is 83.6 Å². The van der Waals surface area contributed by atoms with E-state index in [4.69, 9.17) is 0 Å². The quantitative estimate of drug-likeness (QED) is 0.548. The molecule has 1 atom stereocenters. The minimum absolute atomic E-state index is 0.0772. The van der Waals surface area contributed by atoms with Crippen LogP contribution in [-0.4, -0.2) is 25.7 Å². The molecule has 0 aliphatic heterocycles. The van der Waals surface area contributed by atoms with Gasteiger partial charge in [0.2, 0.25) is 0 Å². The lowest BCUT2D eigenvalue weighted by Gasteiger charge is -2.19. The molecule has 1 amide bonds. The van der Waals surface area contributed by atoms with Crippen LogP contribution in [0.3, 0.4) is 0 Å². The van der Waals surface area contributed by atoms with Gasteiger partial charge in [-0.15, -0.1) is 0 Å². The Morgan fingerprint density at radius 1 is 1.14 bits per heavy atom. The molecule has 2 aromatic carbocycles. The van der Waals surface area contributed by atoms with Crippen molar-refractivity contribution < 1.29 is 4.79 Å². The van der Waals surface area contributed by atoms with Crippen LogP contribution >= 0.6 is 0 Å². The van der Waals surface area contributed by atoms with Crippen LogP contribution in [0.15, 0.2) is 61.2 Å². The van der Waals surface area contributed by atoms with Gasteiger partial charge in [-0.1, -0.05) is 30.3 Å². The zero-order chi connectivity index (χ0) is 19.6. The second-order valence-electron chi connectivity index (χ2n) is 7.60. The van der Waals surface area contributed by atoms with Gasteiger partial charge in [-0.3, -0.25) is 9.48 Å². The first kappa shape index (κ1) is 17.7. The Labute approximate surface area is 169 Å². The Morgan fingerprint density at radius 2 is 2.00 bits per heavy atom. The average molecular weight is 385 g/mol. The number of hydrogen-bond donors (Lipinski definition) is 2. The molecule has 0 saturated carbocycles. The molecular formula is C23H23N5O. The number of amides is 1. The number of nitrogens with one attached hydrogen (secondary N) is 2. The topological polar surface area (TPSA) is 75.6 Å². The second kappa shape index (κ2) is 7.54. The normalized spacial score (nSPS) is 14.5. The molecule has 1 unspecified atom stereocenters. The van der Waals surface area contributed by atoms with Gasteiger partial charge in [-0.25, -0.2) is 4.98 Å². The summed E-state index contributed by atoms with van der Waals surface area (Å²) in [6.45, 7) is 0.525. The summed E-state index contributed by atoms with van der Waals surface area (Å²) < 4.78 is 1.74. The van der Waals surface area contributed by atoms with Gasteiger partial charge in [0.15, 0.2) is 0 Å². The largest absolute Gasteiger partial charge is 0.358 e. The van der Waals surface area contributed by atoms with Gasteiger partial charge in [0.25, 0.3) is 5.91 Å². The third-order valence-corrected chi connectivity index (χ3v) is 5.70. The van der Waals surface area contributed by atoms with E-state index in [0.29, 0.717) is 12.1 Å². The van der Waals surface area contributed by atoms with Crippen molar-refractivity contribution in [2.45, 2.75) is 38.3 Å². The predicted molar refractivity (Wildman–Crippen MR) is 112 cm³/mol. The number of fused-ring (bicyclic) bond motifs is 3. The Kier molecular flexibility index (Phi) is 4.60. The van der Waals surface area contributed by atoms with Crippen LogP contribution < -0.4 is 5.32 Å². The smallest absolute Gasteiger partial charge is 0.251 e. The summed E-state index contributed by atoms with van der Waals surface area (Å²) in [6.07, 6.45) is 7.80. The third kappa shape index (κ3) is 3.53. The van der Waals surface area contributed by atoms with Crippen molar-refractivity contribution in [2.24, 2.45) is 0 Å². The number of aromatic amines is 1.